The highest BCUT2D eigenvalue weighted by Crippen LogP contribution is 2.25. The summed E-state index contributed by atoms with van der Waals surface area (Å²) in [5.74, 6) is 0.509. The number of amides is 1. The molecule has 27 heavy (non-hydrogen) atoms. The minimum absolute atomic E-state index is 0.257. The number of H-pyrrole nitrogens is 1. The number of aromatic amines is 1. The van der Waals surface area contributed by atoms with Crippen molar-refractivity contribution in [1.29, 1.82) is 0 Å². The summed E-state index contributed by atoms with van der Waals surface area (Å²) >= 11 is 3.45. The maximum absolute atomic E-state index is 12.6. The number of carbonyl (C=O) groups excluding carboxylic acids is 1. The second kappa shape index (κ2) is 6.92. The number of aryl methyl sites for hydroxylation is 1. The summed E-state index contributed by atoms with van der Waals surface area (Å²) in [6, 6.07) is 11.6. The van der Waals surface area contributed by atoms with Crippen LogP contribution in [0.15, 0.2) is 58.4 Å². The number of nitrogens with zero attached hydrogens (tertiary/aromatic N) is 2. The van der Waals surface area contributed by atoms with E-state index in [-0.39, 0.29) is 5.91 Å². The Kier molecular flexibility index (Phi) is 4.45. The zero-order valence-electron chi connectivity index (χ0n) is 14.8. The van der Waals surface area contributed by atoms with Gasteiger partial charge in [-0.25, -0.2) is 5.43 Å². The molecule has 0 saturated carbocycles. The molecule has 1 amide bonds. The summed E-state index contributed by atoms with van der Waals surface area (Å²) < 4.78 is 8.11. The van der Waals surface area contributed by atoms with Gasteiger partial charge in [0.2, 0.25) is 0 Å². The molecule has 0 unspecified atom stereocenters. The van der Waals surface area contributed by atoms with Gasteiger partial charge in [0.15, 0.2) is 0 Å². The van der Waals surface area contributed by atoms with Gasteiger partial charge >= 0.3 is 0 Å². The van der Waals surface area contributed by atoms with Crippen molar-refractivity contribution in [2.24, 2.45) is 12.1 Å². The van der Waals surface area contributed by atoms with Crippen LogP contribution in [-0.2, 0) is 7.05 Å². The highest BCUT2D eigenvalue weighted by atomic mass is 79.9. The second-order valence-electron chi connectivity index (χ2n) is 6.17. The third-order valence-corrected chi connectivity index (χ3v) is 4.98. The molecule has 2 heterocycles. The van der Waals surface area contributed by atoms with Crippen molar-refractivity contribution in [3.63, 3.8) is 0 Å². The van der Waals surface area contributed by atoms with Crippen LogP contribution in [-0.4, -0.2) is 28.8 Å². The quantitative estimate of drug-likeness (QED) is 0.380. The molecule has 2 aromatic heterocycles. The number of benzene rings is 2. The number of aromatic nitrogens is 2. The highest BCUT2D eigenvalue weighted by Gasteiger charge is 2.13. The summed E-state index contributed by atoms with van der Waals surface area (Å²) in [7, 11) is 3.54. The minimum Gasteiger partial charge on any atom is -0.497 e. The molecule has 2 aromatic carbocycles. The van der Waals surface area contributed by atoms with E-state index in [1.165, 1.54) is 0 Å². The lowest BCUT2D eigenvalue weighted by Crippen LogP contribution is -2.17. The number of hydrogen-bond donors (Lipinski definition) is 2. The molecule has 0 fully saturated rings. The fourth-order valence-electron chi connectivity index (χ4n) is 3.12. The van der Waals surface area contributed by atoms with E-state index >= 15 is 0 Å². The van der Waals surface area contributed by atoms with Gasteiger partial charge in [0, 0.05) is 51.3 Å². The van der Waals surface area contributed by atoms with Crippen LogP contribution < -0.4 is 10.2 Å². The van der Waals surface area contributed by atoms with Crippen LogP contribution >= 0.6 is 15.9 Å². The normalized spacial score (nSPS) is 11.5. The largest absolute Gasteiger partial charge is 0.497 e. The number of hydrazone groups is 1. The van der Waals surface area contributed by atoms with Crippen LogP contribution in [0.25, 0.3) is 21.8 Å². The second-order valence-corrected chi connectivity index (χ2v) is 7.09. The van der Waals surface area contributed by atoms with Crippen LogP contribution in [0.2, 0.25) is 0 Å². The molecule has 0 spiro atoms. The van der Waals surface area contributed by atoms with Crippen LogP contribution in [0.1, 0.15) is 15.9 Å². The SMILES string of the molecule is COc1ccc2[nH]cc(/C=N\NC(=O)c3cn(C)c4ccc(Br)cc34)c2c1. The van der Waals surface area contributed by atoms with Gasteiger partial charge in [-0.15, -0.1) is 0 Å². The number of fused-ring (bicyclic) bond motifs is 2. The number of halogens is 1. The summed E-state index contributed by atoms with van der Waals surface area (Å²) in [4.78, 5) is 15.8. The van der Waals surface area contributed by atoms with E-state index in [2.05, 4.69) is 31.4 Å². The Balaban J connectivity index is 1.59. The first-order valence-corrected chi connectivity index (χ1v) is 9.09. The molecule has 0 aliphatic carbocycles. The van der Waals surface area contributed by atoms with Gasteiger partial charge in [0.1, 0.15) is 5.75 Å². The number of ether oxygens (including phenoxy) is 1. The summed E-state index contributed by atoms with van der Waals surface area (Å²) in [5.41, 5.74) is 6.01. The third kappa shape index (κ3) is 3.21. The molecule has 0 bridgehead atoms. The molecule has 4 aromatic rings. The van der Waals surface area contributed by atoms with Crippen molar-refractivity contribution in [3.05, 3.63) is 64.4 Å². The summed E-state index contributed by atoms with van der Waals surface area (Å²) in [5, 5.41) is 5.97. The lowest BCUT2D eigenvalue weighted by molar-refractivity contribution is 0.0956. The first-order chi connectivity index (χ1) is 13.1. The Morgan fingerprint density at radius 1 is 1.26 bits per heavy atom. The topological polar surface area (TPSA) is 71.4 Å². The molecule has 4 rings (SSSR count). The maximum atomic E-state index is 12.6. The van der Waals surface area contributed by atoms with E-state index < -0.39 is 0 Å². The molecule has 7 heteroatoms. The first-order valence-electron chi connectivity index (χ1n) is 8.30. The molecule has 2 N–H and O–H groups in total. The smallest absolute Gasteiger partial charge is 0.273 e. The highest BCUT2D eigenvalue weighted by molar-refractivity contribution is 9.10. The van der Waals surface area contributed by atoms with E-state index in [4.69, 9.17) is 4.74 Å². The Morgan fingerprint density at radius 2 is 2.11 bits per heavy atom. The van der Waals surface area contributed by atoms with Crippen molar-refractivity contribution >= 4 is 49.9 Å². The molecule has 0 aliphatic rings. The van der Waals surface area contributed by atoms with Gasteiger partial charge < -0.3 is 14.3 Å². The lowest BCUT2D eigenvalue weighted by atomic mass is 10.2. The van der Waals surface area contributed by atoms with Crippen molar-refractivity contribution in [3.8, 4) is 5.75 Å². The maximum Gasteiger partial charge on any atom is 0.273 e. The van der Waals surface area contributed by atoms with Gasteiger partial charge in [-0.1, -0.05) is 15.9 Å². The number of rotatable bonds is 4. The van der Waals surface area contributed by atoms with Crippen LogP contribution in [0.5, 0.6) is 5.75 Å². The van der Waals surface area contributed by atoms with E-state index in [1.54, 1.807) is 19.5 Å². The first kappa shape index (κ1) is 17.4. The summed E-state index contributed by atoms with van der Waals surface area (Å²) in [6.45, 7) is 0. The average Bonchev–Trinajstić information content (AvgIpc) is 3.22. The van der Waals surface area contributed by atoms with Gasteiger partial charge in [-0.05, 0) is 36.4 Å². The fraction of sp³-hybridized carbons (Fsp3) is 0.100. The zero-order valence-corrected chi connectivity index (χ0v) is 16.4. The number of carbonyl (C=O) groups is 1. The Labute approximate surface area is 163 Å². The predicted molar refractivity (Wildman–Crippen MR) is 111 cm³/mol. The van der Waals surface area contributed by atoms with Gasteiger partial charge in [-0.3, -0.25) is 4.79 Å². The molecule has 0 aliphatic heterocycles. The number of methoxy groups -OCH3 is 1. The van der Waals surface area contributed by atoms with Crippen molar-refractivity contribution in [1.82, 2.24) is 15.0 Å². The van der Waals surface area contributed by atoms with E-state index in [9.17, 15) is 4.79 Å². The van der Waals surface area contributed by atoms with E-state index in [1.807, 2.05) is 54.2 Å². The fourth-order valence-corrected chi connectivity index (χ4v) is 3.48. The van der Waals surface area contributed by atoms with E-state index in [0.717, 1.165) is 37.6 Å². The average molecular weight is 425 g/mol. The molecule has 0 atom stereocenters. The minimum atomic E-state index is -0.257. The van der Waals surface area contributed by atoms with E-state index in [0.29, 0.717) is 5.56 Å². The Hall–Kier alpha value is -3.06. The Bertz CT molecular complexity index is 1190. The molecule has 0 saturated heterocycles. The molecule has 0 radical (unpaired) electrons. The van der Waals surface area contributed by atoms with Gasteiger partial charge in [0.05, 0.1) is 18.9 Å². The Morgan fingerprint density at radius 3 is 2.93 bits per heavy atom. The monoisotopic (exact) mass is 424 g/mol. The molecular weight excluding hydrogens is 408 g/mol. The zero-order chi connectivity index (χ0) is 19.0. The van der Waals surface area contributed by atoms with Crippen molar-refractivity contribution in [2.45, 2.75) is 0 Å². The van der Waals surface area contributed by atoms with Gasteiger partial charge in [0.25, 0.3) is 5.91 Å². The number of hydrogen-bond acceptors (Lipinski definition) is 3. The van der Waals surface area contributed by atoms with Crippen LogP contribution in [0, 0.1) is 0 Å². The predicted octanol–water partition coefficient (Wildman–Crippen LogP) is 4.19. The van der Waals surface area contributed by atoms with Crippen molar-refractivity contribution in [2.75, 3.05) is 7.11 Å². The van der Waals surface area contributed by atoms with Gasteiger partial charge in [-0.2, -0.15) is 5.10 Å². The molecular formula is C20H17BrN4O2. The standard InChI is InChI=1S/C20H17BrN4O2/c1-25-11-17(16-7-13(21)3-6-19(16)25)20(26)24-23-10-12-9-22-18-5-4-14(27-2)8-15(12)18/h3-11,22H,1-2H3,(H,24,26)/b23-10-. The lowest BCUT2D eigenvalue weighted by Gasteiger charge is -2.00. The van der Waals surface area contributed by atoms with Crippen LogP contribution in [0.4, 0.5) is 0 Å². The summed E-state index contributed by atoms with van der Waals surface area (Å²) in [6.07, 6.45) is 5.27. The molecule has 6 nitrogen and oxygen atoms in total. The number of nitrogens with one attached hydrogen (secondary N) is 2. The molecule has 136 valence electrons. The van der Waals surface area contributed by atoms with Crippen molar-refractivity contribution < 1.29 is 9.53 Å². The third-order valence-electron chi connectivity index (χ3n) is 4.49. The van der Waals surface area contributed by atoms with Crippen LogP contribution in [0.3, 0.4) is 0 Å².